The highest BCUT2D eigenvalue weighted by Gasteiger charge is 2.42. The second-order valence-electron chi connectivity index (χ2n) is 3.51. The van der Waals surface area contributed by atoms with Crippen LogP contribution in [0.5, 0.6) is 0 Å². The number of nitrogens with zero attached hydrogens (tertiary/aromatic N) is 1. The normalized spacial score (nSPS) is 11.9. The van der Waals surface area contributed by atoms with E-state index in [0.717, 1.165) is 13.2 Å². The largest absolute Gasteiger partial charge is 0.465 e. The molecule has 0 spiro atoms. The summed E-state index contributed by atoms with van der Waals surface area (Å²) in [6, 6.07) is 2.28. The summed E-state index contributed by atoms with van der Waals surface area (Å²) in [4.78, 5) is 10.1. The number of carbonyl (C=O) groups is 1. The third kappa shape index (κ3) is 4.04. The van der Waals surface area contributed by atoms with E-state index in [2.05, 4.69) is 4.74 Å². The Hall–Kier alpha value is -1.89. The molecule has 3 nitrogen and oxygen atoms in total. The molecule has 0 radical (unpaired) electrons. The van der Waals surface area contributed by atoms with Gasteiger partial charge in [0.05, 0.1) is 23.8 Å². The molecule has 0 fully saturated rings. The van der Waals surface area contributed by atoms with E-state index in [1.54, 1.807) is 0 Å². The quantitative estimate of drug-likeness (QED) is 0.468. The van der Waals surface area contributed by atoms with Crippen LogP contribution in [0.15, 0.2) is 17.0 Å². The number of alkyl halides is 6. The van der Waals surface area contributed by atoms with E-state index < -0.39 is 51.0 Å². The zero-order chi connectivity index (χ0) is 16.4. The summed E-state index contributed by atoms with van der Waals surface area (Å²) < 4.78 is 79.9. The van der Waals surface area contributed by atoms with E-state index in [-0.39, 0.29) is 0 Å². The lowest BCUT2D eigenvalue weighted by Crippen LogP contribution is -2.16. The summed E-state index contributed by atoms with van der Waals surface area (Å²) in [6.07, 6.45) is -5.23. The number of esters is 1. The summed E-state index contributed by atoms with van der Waals surface area (Å²) in [5, 5.41) is 8.78. The Bertz CT molecular complexity index is 602. The van der Waals surface area contributed by atoms with E-state index in [1.807, 2.05) is 0 Å². The van der Waals surface area contributed by atoms with Crippen LogP contribution in [-0.2, 0) is 10.9 Å². The van der Waals surface area contributed by atoms with Crippen molar-refractivity contribution in [3.63, 3.8) is 0 Å². The van der Waals surface area contributed by atoms with Crippen LogP contribution < -0.4 is 0 Å². The number of methoxy groups -OCH3 is 1. The van der Waals surface area contributed by atoms with Crippen molar-refractivity contribution in [2.45, 2.75) is 16.6 Å². The summed E-state index contributed by atoms with van der Waals surface area (Å²) in [7, 11) is 0.870. The van der Waals surface area contributed by atoms with Gasteiger partial charge in [-0.25, -0.2) is 4.79 Å². The van der Waals surface area contributed by atoms with Gasteiger partial charge in [-0.05, 0) is 23.9 Å². The Morgan fingerprint density at radius 2 is 1.81 bits per heavy atom. The molecule has 10 heteroatoms. The zero-order valence-corrected chi connectivity index (χ0v) is 10.9. The Morgan fingerprint density at radius 3 is 2.19 bits per heavy atom. The molecule has 1 aromatic carbocycles. The average molecular weight is 329 g/mol. The summed E-state index contributed by atoms with van der Waals surface area (Å²) in [5.74, 6) is -1.25. The highest BCUT2D eigenvalue weighted by Crippen LogP contribution is 2.45. The zero-order valence-electron chi connectivity index (χ0n) is 10.1. The maximum Gasteiger partial charge on any atom is 0.446 e. The van der Waals surface area contributed by atoms with E-state index >= 15 is 0 Å². The molecule has 0 saturated heterocycles. The van der Waals surface area contributed by atoms with Gasteiger partial charge in [0.2, 0.25) is 0 Å². The van der Waals surface area contributed by atoms with Gasteiger partial charge in [-0.15, -0.1) is 0 Å². The van der Waals surface area contributed by atoms with Gasteiger partial charge in [0.15, 0.2) is 0 Å². The van der Waals surface area contributed by atoms with Gasteiger partial charge >= 0.3 is 17.7 Å². The van der Waals surface area contributed by atoms with Gasteiger partial charge in [0.25, 0.3) is 0 Å². The maximum absolute atomic E-state index is 12.9. The molecule has 0 amide bonds. The number of benzene rings is 1. The lowest BCUT2D eigenvalue weighted by atomic mass is 10.0. The van der Waals surface area contributed by atoms with E-state index in [1.165, 1.54) is 0 Å². The van der Waals surface area contributed by atoms with Crippen LogP contribution in [0.25, 0.3) is 0 Å². The number of halogens is 6. The molecule has 1 rings (SSSR count). The Morgan fingerprint density at radius 1 is 1.24 bits per heavy atom. The average Bonchev–Trinajstić information content (AvgIpc) is 2.33. The third-order valence-electron chi connectivity index (χ3n) is 2.19. The fourth-order valence-corrected chi connectivity index (χ4v) is 2.18. The second kappa shape index (κ2) is 5.85. The molecule has 0 unspecified atom stereocenters. The van der Waals surface area contributed by atoms with Crippen LogP contribution in [0.1, 0.15) is 21.5 Å². The predicted octanol–water partition coefficient (Wildman–Crippen LogP) is 3.98. The number of hydrogen-bond donors (Lipinski definition) is 0. The van der Waals surface area contributed by atoms with Gasteiger partial charge in [-0.1, -0.05) is 0 Å². The molecular weight excluding hydrogens is 324 g/mol. The minimum absolute atomic E-state index is 0.480. The van der Waals surface area contributed by atoms with E-state index in [9.17, 15) is 31.1 Å². The van der Waals surface area contributed by atoms with Crippen LogP contribution in [-0.4, -0.2) is 18.6 Å². The SMILES string of the molecule is COC(=O)c1ccc(SC(F)(F)F)c(C(F)(F)F)c1C#N. The summed E-state index contributed by atoms with van der Waals surface area (Å²) >= 11 is -1.01. The molecule has 114 valence electrons. The highest BCUT2D eigenvalue weighted by atomic mass is 32.2. The van der Waals surface area contributed by atoms with E-state index in [4.69, 9.17) is 5.26 Å². The Kier molecular flexibility index (Phi) is 4.78. The van der Waals surface area contributed by atoms with Crippen molar-refractivity contribution < 1.29 is 35.9 Å². The van der Waals surface area contributed by atoms with Gasteiger partial charge < -0.3 is 4.74 Å². The molecule has 0 N–H and O–H groups in total. The molecule has 0 bridgehead atoms. The molecule has 0 aliphatic heterocycles. The molecule has 0 atom stereocenters. The van der Waals surface area contributed by atoms with Crippen molar-refractivity contribution in [2.75, 3.05) is 7.11 Å². The predicted molar refractivity (Wildman–Crippen MR) is 59.4 cm³/mol. The molecule has 21 heavy (non-hydrogen) atoms. The Balaban J connectivity index is 3.64. The van der Waals surface area contributed by atoms with Crippen molar-refractivity contribution in [3.8, 4) is 6.07 Å². The summed E-state index contributed by atoms with van der Waals surface area (Å²) in [6.45, 7) is 0. The molecule has 0 saturated carbocycles. The molecule has 0 aliphatic rings. The van der Waals surface area contributed by atoms with Crippen molar-refractivity contribution >= 4 is 17.7 Å². The number of nitriles is 1. The lowest BCUT2D eigenvalue weighted by molar-refractivity contribution is -0.140. The van der Waals surface area contributed by atoms with Crippen molar-refractivity contribution in [1.82, 2.24) is 0 Å². The number of rotatable bonds is 2. The fourth-order valence-electron chi connectivity index (χ4n) is 1.47. The summed E-state index contributed by atoms with van der Waals surface area (Å²) in [5.41, 5.74) is -8.74. The van der Waals surface area contributed by atoms with Gasteiger partial charge in [-0.3, -0.25) is 0 Å². The van der Waals surface area contributed by atoms with Crippen molar-refractivity contribution in [1.29, 1.82) is 5.26 Å². The van der Waals surface area contributed by atoms with Crippen LogP contribution in [0, 0.1) is 11.3 Å². The molecule has 0 aliphatic carbocycles. The lowest BCUT2D eigenvalue weighted by Gasteiger charge is -2.16. The highest BCUT2D eigenvalue weighted by molar-refractivity contribution is 8.00. The first kappa shape index (κ1) is 17.2. The van der Waals surface area contributed by atoms with Gasteiger partial charge in [0, 0.05) is 4.90 Å². The standard InChI is InChI=1S/C11H5F6NO2S/c1-20-9(19)5-2-3-7(21-11(15,16)17)8(6(5)4-18)10(12,13)14/h2-3H,1H3. The fraction of sp³-hybridized carbons (Fsp3) is 0.273. The maximum atomic E-state index is 12.9. The molecular formula is C11H5F6NO2S. The smallest absolute Gasteiger partial charge is 0.446 e. The second-order valence-corrected chi connectivity index (χ2v) is 4.62. The topological polar surface area (TPSA) is 50.1 Å². The molecule has 0 aromatic heterocycles. The Labute approximate surface area is 118 Å². The number of thioether (sulfide) groups is 1. The van der Waals surface area contributed by atoms with Crippen LogP contribution in [0.4, 0.5) is 26.3 Å². The van der Waals surface area contributed by atoms with Crippen LogP contribution in [0.3, 0.4) is 0 Å². The first-order chi connectivity index (χ1) is 9.51. The van der Waals surface area contributed by atoms with Gasteiger partial charge in [-0.2, -0.15) is 31.6 Å². The van der Waals surface area contributed by atoms with Crippen LogP contribution >= 0.6 is 11.8 Å². The minimum atomic E-state index is -5.23. The van der Waals surface area contributed by atoms with Crippen molar-refractivity contribution in [2.24, 2.45) is 0 Å². The number of carbonyl (C=O) groups excluding carboxylic acids is 1. The number of hydrogen-bond acceptors (Lipinski definition) is 4. The molecule has 1 aromatic rings. The third-order valence-corrected chi connectivity index (χ3v) is 2.98. The molecule has 0 heterocycles. The monoisotopic (exact) mass is 329 g/mol. The van der Waals surface area contributed by atoms with Crippen LogP contribution in [0.2, 0.25) is 0 Å². The first-order valence-corrected chi connectivity index (χ1v) is 5.81. The van der Waals surface area contributed by atoms with E-state index in [0.29, 0.717) is 12.1 Å². The minimum Gasteiger partial charge on any atom is -0.465 e. The van der Waals surface area contributed by atoms with Crippen molar-refractivity contribution in [3.05, 3.63) is 28.8 Å². The number of ether oxygens (including phenoxy) is 1. The first-order valence-electron chi connectivity index (χ1n) is 4.99. The van der Waals surface area contributed by atoms with Gasteiger partial charge in [0.1, 0.15) is 6.07 Å².